The lowest BCUT2D eigenvalue weighted by Gasteiger charge is -2.40. The van der Waals surface area contributed by atoms with E-state index in [1.165, 1.54) is 36.4 Å². The van der Waals surface area contributed by atoms with Gasteiger partial charge in [0, 0.05) is 11.1 Å². The summed E-state index contributed by atoms with van der Waals surface area (Å²) in [5.74, 6) is -2.93. The molecule has 2 aromatic carbocycles. The summed E-state index contributed by atoms with van der Waals surface area (Å²) in [5.41, 5.74) is -0.649. The molecule has 5 atom stereocenters. The highest BCUT2D eigenvalue weighted by molar-refractivity contribution is 6.31. The molecule has 1 aliphatic heterocycles. The van der Waals surface area contributed by atoms with E-state index in [-0.39, 0.29) is 22.3 Å². The molecule has 2 aromatic rings. The van der Waals surface area contributed by atoms with Crippen molar-refractivity contribution < 1.29 is 38.7 Å². The highest BCUT2D eigenvalue weighted by atomic mass is 35.5. The second-order valence-electron chi connectivity index (χ2n) is 8.61. The highest BCUT2D eigenvalue weighted by Gasteiger charge is 2.45. The SMILES string of the molecule is OCC1O[C@@H](c2ccc(Cl)c(C(F)(F)c3ccc(OC4CCCC4)cc3)c2)[C@H](O)C(O)[C@@H]1O. The van der Waals surface area contributed by atoms with E-state index < -0.39 is 48.6 Å². The Bertz CT molecular complexity index is 948. The molecule has 1 heterocycles. The first kappa shape index (κ1) is 24.3. The van der Waals surface area contributed by atoms with Crippen LogP contribution in [0.15, 0.2) is 42.5 Å². The molecule has 9 heteroatoms. The van der Waals surface area contributed by atoms with Crippen LogP contribution < -0.4 is 4.74 Å². The van der Waals surface area contributed by atoms with Gasteiger partial charge in [0.2, 0.25) is 0 Å². The van der Waals surface area contributed by atoms with Crippen molar-refractivity contribution in [2.45, 2.75) is 68.2 Å². The average molecular weight is 485 g/mol. The molecule has 2 fully saturated rings. The minimum absolute atomic E-state index is 0.112. The van der Waals surface area contributed by atoms with Crippen LogP contribution in [0.25, 0.3) is 0 Å². The zero-order chi connectivity index (χ0) is 23.8. The van der Waals surface area contributed by atoms with Crippen LogP contribution in [0.4, 0.5) is 8.78 Å². The van der Waals surface area contributed by atoms with Crippen LogP contribution in [0.2, 0.25) is 5.02 Å². The van der Waals surface area contributed by atoms with E-state index >= 15 is 8.78 Å². The summed E-state index contributed by atoms with van der Waals surface area (Å²) in [6.45, 7) is -0.618. The Hall–Kier alpha value is -1.81. The van der Waals surface area contributed by atoms with Gasteiger partial charge in [-0.25, -0.2) is 0 Å². The molecule has 6 nitrogen and oxygen atoms in total. The van der Waals surface area contributed by atoms with E-state index in [1.807, 2.05) is 0 Å². The average Bonchev–Trinajstić information content (AvgIpc) is 3.32. The third-order valence-corrected chi connectivity index (χ3v) is 6.70. The third-order valence-electron chi connectivity index (χ3n) is 6.37. The number of aliphatic hydroxyl groups is 4. The van der Waals surface area contributed by atoms with E-state index in [1.54, 1.807) is 0 Å². The topological polar surface area (TPSA) is 99.4 Å². The Morgan fingerprint density at radius 3 is 2.27 bits per heavy atom. The second kappa shape index (κ2) is 9.82. The molecule has 180 valence electrons. The van der Waals surface area contributed by atoms with Gasteiger partial charge in [-0.3, -0.25) is 0 Å². The summed E-state index contributed by atoms with van der Waals surface area (Å²) in [5, 5.41) is 39.6. The fourth-order valence-electron chi connectivity index (χ4n) is 4.43. The second-order valence-corrected chi connectivity index (χ2v) is 9.02. The van der Waals surface area contributed by atoms with Gasteiger partial charge in [0.1, 0.15) is 36.3 Å². The molecule has 0 amide bonds. The molecular weight excluding hydrogens is 458 g/mol. The maximum absolute atomic E-state index is 15.5. The molecule has 1 saturated heterocycles. The number of rotatable bonds is 6. The van der Waals surface area contributed by atoms with Gasteiger partial charge in [0.15, 0.2) is 0 Å². The molecule has 1 saturated carbocycles. The van der Waals surface area contributed by atoms with Crippen LogP contribution in [0.5, 0.6) is 5.75 Å². The quantitative estimate of drug-likeness (QED) is 0.502. The lowest BCUT2D eigenvalue weighted by atomic mass is 9.89. The molecule has 0 bridgehead atoms. The van der Waals surface area contributed by atoms with Crippen molar-refractivity contribution in [3.63, 3.8) is 0 Å². The van der Waals surface area contributed by atoms with E-state index in [0.717, 1.165) is 31.7 Å². The van der Waals surface area contributed by atoms with Gasteiger partial charge in [-0.1, -0.05) is 17.7 Å². The van der Waals surface area contributed by atoms with Crippen LogP contribution in [0.1, 0.15) is 48.5 Å². The summed E-state index contributed by atoms with van der Waals surface area (Å²) in [6, 6.07) is 9.38. The van der Waals surface area contributed by atoms with Crippen molar-refractivity contribution in [2.24, 2.45) is 0 Å². The molecule has 2 aliphatic rings. The summed E-state index contributed by atoms with van der Waals surface area (Å²) in [7, 11) is 0. The van der Waals surface area contributed by atoms with Crippen molar-refractivity contribution in [3.05, 3.63) is 64.2 Å². The first-order valence-electron chi connectivity index (χ1n) is 11.0. The van der Waals surface area contributed by atoms with E-state index in [0.29, 0.717) is 5.75 Å². The summed E-state index contributed by atoms with van der Waals surface area (Å²) in [6.07, 6.45) is -2.91. The zero-order valence-electron chi connectivity index (χ0n) is 17.8. The number of hydrogen-bond donors (Lipinski definition) is 4. The first-order chi connectivity index (χ1) is 15.7. The fraction of sp³-hybridized carbons (Fsp3) is 0.500. The maximum atomic E-state index is 15.5. The highest BCUT2D eigenvalue weighted by Crippen LogP contribution is 2.42. The monoisotopic (exact) mass is 484 g/mol. The fourth-order valence-corrected chi connectivity index (χ4v) is 4.67. The number of ether oxygens (including phenoxy) is 2. The third kappa shape index (κ3) is 4.87. The van der Waals surface area contributed by atoms with Gasteiger partial charge in [0.25, 0.3) is 5.92 Å². The Morgan fingerprint density at radius 2 is 1.64 bits per heavy atom. The van der Waals surface area contributed by atoms with Crippen molar-refractivity contribution in [1.29, 1.82) is 0 Å². The van der Waals surface area contributed by atoms with E-state index in [4.69, 9.17) is 21.1 Å². The molecule has 1 aliphatic carbocycles. The van der Waals surface area contributed by atoms with Gasteiger partial charge < -0.3 is 29.9 Å². The Morgan fingerprint density at radius 1 is 0.970 bits per heavy atom. The summed E-state index contributed by atoms with van der Waals surface area (Å²) < 4.78 is 42.2. The minimum atomic E-state index is -3.47. The number of aliphatic hydroxyl groups excluding tert-OH is 4. The molecule has 0 radical (unpaired) electrons. The van der Waals surface area contributed by atoms with Crippen LogP contribution >= 0.6 is 11.6 Å². The number of benzene rings is 2. The van der Waals surface area contributed by atoms with Gasteiger partial charge in [-0.2, -0.15) is 8.78 Å². The Labute approximate surface area is 195 Å². The predicted molar refractivity (Wildman–Crippen MR) is 116 cm³/mol. The lowest BCUT2D eigenvalue weighted by Crippen LogP contribution is -2.55. The largest absolute Gasteiger partial charge is 0.490 e. The molecular formula is C24H27ClF2O6. The van der Waals surface area contributed by atoms with Crippen LogP contribution in [-0.2, 0) is 10.7 Å². The molecule has 33 heavy (non-hydrogen) atoms. The molecule has 0 aromatic heterocycles. The predicted octanol–water partition coefficient (Wildman–Crippen LogP) is 3.32. The van der Waals surface area contributed by atoms with Crippen molar-refractivity contribution in [3.8, 4) is 5.75 Å². The van der Waals surface area contributed by atoms with Gasteiger partial charge in [-0.05, 0) is 67.6 Å². The molecule has 2 unspecified atom stereocenters. The van der Waals surface area contributed by atoms with E-state index in [2.05, 4.69) is 0 Å². The number of halogens is 3. The summed E-state index contributed by atoms with van der Waals surface area (Å²) >= 11 is 6.12. The van der Waals surface area contributed by atoms with Crippen LogP contribution in [0.3, 0.4) is 0 Å². The zero-order valence-corrected chi connectivity index (χ0v) is 18.5. The Kier molecular flexibility index (Phi) is 7.23. The van der Waals surface area contributed by atoms with Gasteiger partial charge in [-0.15, -0.1) is 0 Å². The molecule has 4 rings (SSSR count). The smallest absolute Gasteiger partial charge is 0.299 e. The van der Waals surface area contributed by atoms with E-state index in [9.17, 15) is 20.4 Å². The molecule has 4 N–H and O–H groups in total. The van der Waals surface area contributed by atoms with Gasteiger partial charge >= 0.3 is 0 Å². The minimum Gasteiger partial charge on any atom is -0.490 e. The van der Waals surface area contributed by atoms with Crippen molar-refractivity contribution in [1.82, 2.24) is 0 Å². The molecule has 0 spiro atoms. The number of hydrogen-bond acceptors (Lipinski definition) is 6. The first-order valence-corrected chi connectivity index (χ1v) is 11.4. The normalized spacial score (nSPS) is 28.8. The van der Waals surface area contributed by atoms with Crippen LogP contribution in [0, 0.1) is 0 Å². The van der Waals surface area contributed by atoms with Crippen molar-refractivity contribution in [2.75, 3.05) is 6.61 Å². The van der Waals surface area contributed by atoms with Crippen LogP contribution in [-0.4, -0.2) is 57.6 Å². The number of alkyl halides is 2. The lowest BCUT2D eigenvalue weighted by molar-refractivity contribution is -0.231. The van der Waals surface area contributed by atoms with Crippen molar-refractivity contribution >= 4 is 11.6 Å². The standard InChI is InChI=1S/C24H27ClF2O6/c25-18-10-5-13(23-22(31)21(30)20(29)19(12-28)33-23)11-17(18)24(26,27)14-6-8-16(9-7-14)32-15-3-1-2-4-15/h5-11,15,19-23,28-31H,1-4,12H2/t19?,20-,21?,22-,23+/m1/s1. The van der Waals surface area contributed by atoms with Gasteiger partial charge in [0.05, 0.1) is 17.7 Å². The Balaban J connectivity index is 1.60. The maximum Gasteiger partial charge on any atom is 0.299 e. The summed E-state index contributed by atoms with van der Waals surface area (Å²) in [4.78, 5) is 0.